The molecule has 0 unspecified atom stereocenters. The standard InChI is InChI=1S/C13H18N2O2S/c14-10-8-12-13(17-5-4-16-12)9-11(10)15-2-1-6-18-7-3-15/h8-9H,1-7,14H2. The third-order valence-electron chi connectivity index (χ3n) is 3.25. The number of thioether (sulfide) groups is 1. The van der Waals surface area contributed by atoms with Crippen molar-refractivity contribution in [3.8, 4) is 11.5 Å². The second-order valence-electron chi connectivity index (χ2n) is 4.51. The average molecular weight is 266 g/mol. The third kappa shape index (κ3) is 2.32. The first-order valence-corrected chi connectivity index (χ1v) is 7.52. The fourth-order valence-electron chi connectivity index (χ4n) is 2.35. The molecule has 0 aromatic heterocycles. The summed E-state index contributed by atoms with van der Waals surface area (Å²) < 4.78 is 11.2. The summed E-state index contributed by atoms with van der Waals surface area (Å²) in [6, 6.07) is 3.92. The summed E-state index contributed by atoms with van der Waals surface area (Å²) in [5, 5.41) is 0. The van der Waals surface area contributed by atoms with E-state index in [0.717, 1.165) is 41.7 Å². The number of hydrogen-bond acceptors (Lipinski definition) is 5. The maximum Gasteiger partial charge on any atom is 0.163 e. The minimum absolute atomic E-state index is 0.603. The molecule has 1 aromatic rings. The largest absolute Gasteiger partial charge is 0.486 e. The highest BCUT2D eigenvalue weighted by Crippen LogP contribution is 2.39. The van der Waals surface area contributed by atoms with Crippen molar-refractivity contribution in [2.75, 3.05) is 48.4 Å². The van der Waals surface area contributed by atoms with Gasteiger partial charge in [-0.15, -0.1) is 0 Å². The summed E-state index contributed by atoms with van der Waals surface area (Å²) in [4.78, 5) is 2.35. The molecule has 0 amide bonds. The number of anilines is 2. The Balaban J connectivity index is 1.90. The van der Waals surface area contributed by atoms with Gasteiger partial charge in [-0.25, -0.2) is 0 Å². The summed E-state index contributed by atoms with van der Waals surface area (Å²) in [6.07, 6.45) is 1.21. The van der Waals surface area contributed by atoms with Gasteiger partial charge in [0.25, 0.3) is 0 Å². The molecule has 3 rings (SSSR count). The van der Waals surface area contributed by atoms with Crippen molar-refractivity contribution in [1.82, 2.24) is 0 Å². The van der Waals surface area contributed by atoms with Crippen molar-refractivity contribution in [2.24, 2.45) is 0 Å². The van der Waals surface area contributed by atoms with Gasteiger partial charge in [-0.05, 0) is 12.2 Å². The molecule has 0 saturated carbocycles. The number of benzene rings is 1. The van der Waals surface area contributed by atoms with E-state index < -0.39 is 0 Å². The van der Waals surface area contributed by atoms with Gasteiger partial charge in [-0.1, -0.05) is 0 Å². The summed E-state index contributed by atoms with van der Waals surface area (Å²) in [5.74, 6) is 3.99. The molecule has 18 heavy (non-hydrogen) atoms. The van der Waals surface area contributed by atoms with Gasteiger partial charge >= 0.3 is 0 Å². The monoisotopic (exact) mass is 266 g/mol. The lowest BCUT2D eigenvalue weighted by Crippen LogP contribution is -2.26. The molecular formula is C13H18N2O2S. The second kappa shape index (κ2) is 5.18. The summed E-state index contributed by atoms with van der Waals surface area (Å²) in [6.45, 7) is 3.34. The number of nitrogens with zero attached hydrogens (tertiary/aromatic N) is 1. The second-order valence-corrected chi connectivity index (χ2v) is 5.73. The van der Waals surface area contributed by atoms with Crippen molar-refractivity contribution in [1.29, 1.82) is 0 Å². The van der Waals surface area contributed by atoms with Gasteiger partial charge in [0.15, 0.2) is 11.5 Å². The van der Waals surface area contributed by atoms with E-state index in [4.69, 9.17) is 15.2 Å². The topological polar surface area (TPSA) is 47.7 Å². The van der Waals surface area contributed by atoms with E-state index in [1.807, 2.05) is 23.9 Å². The van der Waals surface area contributed by atoms with Crippen LogP contribution in [0.3, 0.4) is 0 Å². The van der Waals surface area contributed by atoms with Crippen LogP contribution in [0.15, 0.2) is 12.1 Å². The highest BCUT2D eigenvalue weighted by Gasteiger charge is 2.18. The van der Waals surface area contributed by atoms with E-state index in [9.17, 15) is 0 Å². The first-order valence-electron chi connectivity index (χ1n) is 6.36. The van der Waals surface area contributed by atoms with Gasteiger partial charge in [-0.2, -0.15) is 11.8 Å². The molecule has 98 valence electrons. The van der Waals surface area contributed by atoms with E-state index >= 15 is 0 Å². The van der Waals surface area contributed by atoms with Crippen LogP contribution >= 0.6 is 11.8 Å². The normalized spacial score (nSPS) is 19.4. The molecule has 2 aliphatic rings. The molecule has 0 radical (unpaired) electrons. The number of rotatable bonds is 1. The van der Waals surface area contributed by atoms with Gasteiger partial charge in [0.05, 0.1) is 11.4 Å². The SMILES string of the molecule is Nc1cc2c(cc1N1CCCSCC1)OCCO2. The molecule has 1 aromatic carbocycles. The molecule has 0 spiro atoms. The minimum atomic E-state index is 0.603. The molecule has 0 bridgehead atoms. The average Bonchev–Trinajstić information content (AvgIpc) is 2.66. The molecule has 2 aliphatic heterocycles. The van der Waals surface area contributed by atoms with Crippen molar-refractivity contribution >= 4 is 23.1 Å². The van der Waals surface area contributed by atoms with Crippen molar-refractivity contribution < 1.29 is 9.47 Å². The fraction of sp³-hybridized carbons (Fsp3) is 0.538. The Kier molecular flexibility index (Phi) is 3.41. The smallest absolute Gasteiger partial charge is 0.163 e. The van der Waals surface area contributed by atoms with E-state index in [0.29, 0.717) is 13.2 Å². The van der Waals surface area contributed by atoms with Crippen LogP contribution in [0.5, 0.6) is 11.5 Å². The van der Waals surface area contributed by atoms with Crippen LogP contribution in [-0.4, -0.2) is 37.8 Å². The number of hydrogen-bond donors (Lipinski definition) is 1. The predicted molar refractivity (Wildman–Crippen MR) is 76.0 cm³/mol. The molecule has 5 heteroatoms. The number of ether oxygens (including phenoxy) is 2. The Labute approximate surface area is 111 Å². The molecule has 0 atom stereocenters. The Morgan fingerprint density at radius 3 is 2.67 bits per heavy atom. The Morgan fingerprint density at radius 2 is 1.83 bits per heavy atom. The van der Waals surface area contributed by atoms with Crippen LogP contribution in [0.25, 0.3) is 0 Å². The Morgan fingerprint density at radius 1 is 1.06 bits per heavy atom. The first-order chi connectivity index (χ1) is 8.84. The van der Waals surface area contributed by atoms with Crippen molar-refractivity contribution in [3.63, 3.8) is 0 Å². The van der Waals surface area contributed by atoms with Gasteiger partial charge in [0, 0.05) is 31.0 Å². The lowest BCUT2D eigenvalue weighted by atomic mass is 10.2. The highest BCUT2D eigenvalue weighted by molar-refractivity contribution is 7.99. The maximum absolute atomic E-state index is 6.14. The predicted octanol–water partition coefficient (Wildman–Crippen LogP) is 1.98. The van der Waals surface area contributed by atoms with Crippen molar-refractivity contribution in [2.45, 2.75) is 6.42 Å². The molecule has 0 aliphatic carbocycles. The van der Waals surface area contributed by atoms with Gasteiger partial charge in [-0.3, -0.25) is 0 Å². The number of fused-ring (bicyclic) bond motifs is 1. The lowest BCUT2D eigenvalue weighted by molar-refractivity contribution is 0.172. The van der Waals surface area contributed by atoms with Crippen LogP contribution in [0.4, 0.5) is 11.4 Å². The fourth-order valence-corrected chi connectivity index (χ4v) is 3.24. The quantitative estimate of drug-likeness (QED) is 0.788. The van der Waals surface area contributed by atoms with Crippen LogP contribution in [-0.2, 0) is 0 Å². The molecule has 4 nitrogen and oxygen atoms in total. The van der Waals surface area contributed by atoms with E-state index in [-0.39, 0.29) is 0 Å². The van der Waals surface area contributed by atoms with Crippen LogP contribution in [0.2, 0.25) is 0 Å². The zero-order valence-electron chi connectivity index (χ0n) is 10.4. The minimum Gasteiger partial charge on any atom is -0.486 e. The molecule has 2 heterocycles. The van der Waals surface area contributed by atoms with E-state index in [2.05, 4.69) is 4.90 Å². The first kappa shape index (κ1) is 11.8. The van der Waals surface area contributed by atoms with Crippen LogP contribution in [0, 0.1) is 0 Å². The summed E-state index contributed by atoms with van der Waals surface area (Å²) in [5.41, 5.74) is 8.01. The van der Waals surface area contributed by atoms with E-state index in [1.165, 1.54) is 12.2 Å². The number of nitrogen functional groups attached to an aromatic ring is 1. The molecule has 2 N–H and O–H groups in total. The molecular weight excluding hydrogens is 248 g/mol. The van der Waals surface area contributed by atoms with Gasteiger partial charge in [0.1, 0.15) is 13.2 Å². The zero-order chi connectivity index (χ0) is 12.4. The Bertz CT molecular complexity index is 431. The van der Waals surface area contributed by atoms with Crippen LogP contribution < -0.4 is 20.1 Å². The maximum atomic E-state index is 6.14. The highest BCUT2D eigenvalue weighted by atomic mass is 32.2. The zero-order valence-corrected chi connectivity index (χ0v) is 11.2. The van der Waals surface area contributed by atoms with Crippen molar-refractivity contribution in [3.05, 3.63) is 12.1 Å². The summed E-state index contributed by atoms with van der Waals surface area (Å²) in [7, 11) is 0. The molecule has 1 saturated heterocycles. The number of nitrogens with two attached hydrogens (primary N) is 1. The van der Waals surface area contributed by atoms with Crippen LogP contribution in [0.1, 0.15) is 6.42 Å². The lowest BCUT2D eigenvalue weighted by Gasteiger charge is -2.27. The molecule has 1 fully saturated rings. The Hall–Kier alpha value is -1.23. The van der Waals surface area contributed by atoms with Gasteiger partial charge < -0.3 is 20.1 Å². The summed E-state index contributed by atoms with van der Waals surface area (Å²) >= 11 is 2.01. The van der Waals surface area contributed by atoms with Gasteiger partial charge in [0.2, 0.25) is 0 Å². The van der Waals surface area contributed by atoms with E-state index in [1.54, 1.807) is 0 Å². The third-order valence-corrected chi connectivity index (χ3v) is 4.30.